The van der Waals surface area contributed by atoms with E-state index < -0.39 is 0 Å². The van der Waals surface area contributed by atoms with Crippen molar-refractivity contribution in [3.05, 3.63) is 34.3 Å². The van der Waals surface area contributed by atoms with Gasteiger partial charge in [0.25, 0.3) is 0 Å². The van der Waals surface area contributed by atoms with Crippen LogP contribution < -0.4 is 5.73 Å². The second-order valence-corrected chi connectivity index (χ2v) is 6.01. The average Bonchev–Trinajstić information content (AvgIpc) is 2.71. The number of fused-ring (bicyclic) bond motifs is 1. The quantitative estimate of drug-likeness (QED) is 0.813. The van der Waals surface area contributed by atoms with Crippen LogP contribution in [0.4, 0.5) is 0 Å². The zero-order valence-electron chi connectivity index (χ0n) is 11.9. The first-order valence-electron chi connectivity index (χ1n) is 6.99. The molecule has 1 unspecified atom stereocenters. The van der Waals surface area contributed by atoms with Crippen LogP contribution in [0.25, 0.3) is 0 Å². The monoisotopic (exact) mass is 281 g/mol. The molecule has 0 saturated carbocycles. The normalized spacial score (nSPS) is 19.1. The van der Waals surface area contributed by atoms with Crippen LogP contribution in [0.5, 0.6) is 0 Å². The SMILES string of the molecule is CN(C)CCCCN1Cc2ccc(Cl)cc2C1CN. The Kier molecular flexibility index (Phi) is 5.22. The molecule has 0 bridgehead atoms. The van der Waals surface area contributed by atoms with Crippen LogP contribution in [0.15, 0.2) is 18.2 Å². The number of nitrogens with two attached hydrogens (primary N) is 1. The van der Waals surface area contributed by atoms with Gasteiger partial charge >= 0.3 is 0 Å². The van der Waals surface area contributed by atoms with Crippen LogP contribution in [0.3, 0.4) is 0 Å². The van der Waals surface area contributed by atoms with Gasteiger partial charge in [-0.15, -0.1) is 0 Å². The van der Waals surface area contributed by atoms with E-state index in [0.717, 1.165) is 24.7 Å². The van der Waals surface area contributed by atoms with E-state index in [2.05, 4.69) is 36.0 Å². The third-order valence-electron chi connectivity index (χ3n) is 3.81. The number of rotatable bonds is 6. The number of unbranched alkanes of at least 4 members (excludes halogenated alkanes) is 1. The van der Waals surface area contributed by atoms with Crippen molar-refractivity contribution >= 4 is 11.6 Å². The molecule has 3 nitrogen and oxygen atoms in total. The minimum absolute atomic E-state index is 0.341. The maximum Gasteiger partial charge on any atom is 0.0477 e. The number of hydrogen-bond donors (Lipinski definition) is 1. The van der Waals surface area contributed by atoms with E-state index in [1.54, 1.807) is 0 Å². The third-order valence-corrected chi connectivity index (χ3v) is 4.04. The van der Waals surface area contributed by atoms with Crippen LogP contribution in [0.1, 0.15) is 30.0 Å². The van der Waals surface area contributed by atoms with Crippen molar-refractivity contribution in [2.24, 2.45) is 5.73 Å². The molecule has 0 amide bonds. The molecule has 1 heterocycles. The Labute approximate surface area is 121 Å². The van der Waals surface area contributed by atoms with Crippen LogP contribution in [-0.4, -0.2) is 43.5 Å². The van der Waals surface area contributed by atoms with Crippen LogP contribution >= 0.6 is 11.6 Å². The van der Waals surface area contributed by atoms with Gasteiger partial charge in [-0.25, -0.2) is 0 Å². The van der Waals surface area contributed by atoms with E-state index in [1.165, 1.54) is 24.0 Å². The molecule has 0 fully saturated rings. The lowest BCUT2D eigenvalue weighted by Crippen LogP contribution is -2.29. The van der Waals surface area contributed by atoms with Crippen molar-refractivity contribution in [1.82, 2.24) is 9.80 Å². The fraction of sp³-hybridized carbons (Fsp3) is 0.600. The van der Waals surface area contributed by atoms with Gasteiger partial charge in [0.2, 0.25) is 0 Å². The first kappa shape index (κ1) is 14.8. The molecule has 0 aliphatic carbocycles. The molecule has 1 aromatic carbocycles. The second-order valence-electron chi connectivity index (χ2n) is 5.58. The number of halogens is 1. The van der Waals surface area contributed by atoms with Crippen molar-refractivity contribution < 1.29 is 0 Å². The smallest absolute Gasteiger partial charge is 0.0477 e. The van der Waals surface area contributed by atoms with Crippen LogP contribution in [-0.2, 0) is 6.54 Å². The Morgan fingerprint density at radius 3 is 2.84 bits per heavy atom. The summed E-state index contributed by atoms with van der Waals surface area (Å²) in [4.78, 5) is 4.72. The van der Waals surface area contributed by atoms with Gasteiger partial charge in [-0.1, -0.05) is 17.7 Å². The highest BCUT2D eigenvalue weighted by Crippen LogP contribution is 2.34. The van der Waals surface area contributed by atoms with E-state index in [-0.39, 0.29) is 0 Å². The van der Waals surface area contributed by atoms with E-state index in [9.17, 15) is 0 Å². The molecule has 19 heavy (non-hydrogen) atoms. The summed E-state index contributed by atoms with van der Waals surface area (Å²) in [7, 11) is 4.24. The van der Waals surface area contributed by atoms with Gasteiger partial charge in [0.05, 0.1) is 0 Å². The molecule has 4 heteroatoms. The maximum absolute atomic E-state index is 6.09. The van der Waals surface area contributed by atoms with E-state index in [4.69, 9.17) is 17.3 Å². The fourth-order valence-electron chi connectivity index (χ4n) is 2.80. The lowest BCUT2D eigenvalue weighted by molar-refractivity contribution is 0.212. The van der Waals surface area contributed by atoms with Gasteiger partial charge in [-0.3, -0.25) is 4.90 Å². The predicted molar refractivity (Wildman–Crippen MR) is 81.4 cm³/mol. The molecule has 1 aliphatic heterocycles. The highest BCUT2D eigenvalue weighted by Gasteiger charge is 2.28. The molecule has 1 aromatic rings. The van der Waals surface area contributed by atoms with E-state index in [1.807, 2.05) is 6.07 Å². The molecule has 1 aliphatic rings. The molecular formula is C15H24ClN3. The second kappa shape index (κ2) is 6.71. The number of nitrogens with zero attached hydrogens (tertiary/aromatic N) is 2. The Morgan fingerprint density at radius 2 is 2.16 bits per heavy atom. The topological polar surface area (TPSA) is 32.5 Å². The van der Waals surface area contributed by atoms with Gasteiger partial charge in [0.15, 0.2) is 0 Å². The summed E-state index contributed by atoms with van der Waals surface area (Å²) < 4.78 is 0. The molecule has 1 atom stereocenters. The largest absolute Gasteiger partial charge is 0.329 e. The van der Waals surface area contributed by atoms with Crippen molar-refractivity contribution in [2.45, 2.75) is 25.4 Å². The summed E-state index contributed by atoms with van der Waals surface area (Å²) >= 11 is 6.09. The summed E-state index contributed by atoms with van der Waals surface area (Å²) in [5.74, 6) is 0. The number of hydrogen-bond acceptors (Lipinski definition) is 3. The van der Waals surface area contributed by atoms with Crippen molar-refractivity contribution in [1.29, 1.82) is 0 Å². The summed E-state index contributed by atoms with van der Waals surface area (Å²) in [6, 6.07) is 6.53. The van der Waals surface area contributed by atoms with Crippen molar-refractivity contribution in [3.63, 3.8) is 0 Å². The van der Waals surface area contributed by atoms with Gasteiger partial charge < -0.3 is 10.6 Å². The Balaban J connectivity index is 1.93. The Hall–Kier alpha value is -0.610. The molecular weight excluding hydrogens is 258 g/mol. The standard InChI is InChI=1S/C15H24ClN3/c1-18(2)7-3-4-8-19-11-12-5-6-13(16)9-14(12)15(19)10-17/h5-6,9,15H,3-4,7-8,10-11,17H2,1-2H3. The molecule has 0 aromatic heterocycles. The fourth-order valence-corrected chi connectivity index (χ4v) is 2.98. The van der Waals surface area contributed by atoms with Gasteiger partial charge in [-0.2, -0.15) is 0 Å². The van der Waals surface area contributed by atoms with Crippen LogP contribution in [0.2, 0.25) is 5.02 Å². The predicted octanol–water partition coefficient (Wildman–Crippen LogP) is 2.50. The summed E-state index contributed by atoms with van der Waals surface area (Å²) in [5, 5.41) is 0.812. The molecule has 0 radical (unpaired) electrons. The lowest BCUT2D eigenvalue weighted by atomic mass is 10.1. The van der Waals surface area contributed by atoms with Crippen molar-refractivity contribution in [3.8, 4) is 0 Å². The zero-order valence-corrected chi connectivity index (χ0v) is 12.7. The summed E-state index contributed by atoms with van der Waals surface area (Å²) in [6.07, 6.45) is 2.45. The first-order chi connectivity index (χ1) is 9.11. The van der Waals surface area contributed by atoms with E-state index >= 15 is 0 Å². The van der Waals surface area contributed by atoms with Gasteiger partial charge in [0, 0.05) is 24.2 Å². The minimum atomic E-state index is 0.341. The summed E-state index contributed by atoms with van der Waals surface area (Å²) in [5.41, 5.74) is 8.65. The van der Waals surface area contributed by atoms with Crippen molar-refractivity contribution in [2.75, 3.05) is 33.7 Å². The average molecular weight is 282 g/mol. The highest BCUT2D eigenvalue weighted by atomic mass is 35.5. The zero-order chi connectivity index (χ0) is 13.8. The number of benzene rings is 1. The first-order valence-corrected chi connectivity index (χ1v) is 7.37. The van der Waals surface area contributed by atoms with E-state index in [0.29, 0.717) is 12.6 Å². The highest BCUT2D eigenvalue weighted by molar-refractivity contribution is 6.30. The minimum Gasteiger partial charge on any atom is -0.329 e. The molecule has 0 saturated heterocycles. The third kappa shape index (κ3) is 3.69. The molecule has 2 N–H and O–H groups in total. The molecule has 106 valence electrons. The molecule has 2 rings (SSSR count). The van der Waals surface area contributed by atoms with Gasteiger partial charge in [-0.05, 0) is 63.3 Å². The maximum atomic E-state index is 6.09. The van der Waals surface area contributed by atoms with Crippen LogP contribution in [0, 0.1) is 0 Å². The Bertz CT molecular complexity index is 420. The summed E-state index contributed by atoms with van der Waals surface area (Å²) in [6.45, 7) is 3.94. The Morgan fingerprint density at radius 1 is 1.37 bits per heavy atom. The lowest BCUT2D eigenvalue weighted by Gasteiger charge is -2.24. The van der Waals surface area contributed by atoms with Gasteiger partial charge in [0.1, 0.15) is 0 Å². The molecule has 0 spiro atoms.